The second-order valence-corrected chi connectivity index (χ2v) is 16.0. The number of fused-ring (bicyclic) bond motifs is 6. The van der Waals surface area contributed by atoms with Crippen molar-refractivity contribution in [3.63, 3.8) is 0 Å². The molecule has 3 nitrogen and oxygen atoms in total. The lowest BCUT2D eigenvalue weighted by molar-refractivity contribution is 0.670. The van der Waals surface area contributed by atoms with Gasteiger partial charge in [0.25, 0.3) is 0 Å². The first-order valence-corrected chi connectivity index (χ1v) is 21.5. The highest BCUT2D eigenvalue weighted by Crippen LogP contribution is 2.50. The third kappa shape index (κ3) is 6.21. The van der Waals surface area contributed by atoms with Crippen molar-refractivity contribution >= 4 is 60.8 Å². The molecule has 0 N–H and O–H groups in total. The highest BCUT2D eigenvalue weighted by Gasteiger charge is 2.26. The maximum Gasteiger partial charge on any atom is 0.145 e. The van der Waals surface area contributed by atoms with E-state index in [0.717, 1.165) is 78.1 Å². The molecule has 3 heteroatoms. The van der Waals surface area contributed by atoms with E-state index in [2.05, 4.69) is 252 Å². The van der Waals surface area contributed by atoms with Crippen LogP contribution in [0.3, 0.4) is 0 Å². The number of hydrogen-bond donors (Lipinski definition) is 0. The lowest BCUT2D eigenvalue weighted by atomic mass is 9.95. The summed E-state index contributed by atoms with van der Waals surface area (Å²) in [6.45, 7) is 0. The lowest BCUT2D eigenvalue weighted by Gasteiger charge is -2.29. The number of anilines is 3. The van der Waals surface area contributed by atoms with Crippen LogP contribution in [-0.4, -0.2) is 4.57 Å². The van der Waals surface area contributed by atoms with E-state index in [1.165, 1.54) is 32.9 Å². The summed E-state index contributed by atoms with van der Waals surface area (Å²) in [4.78, 5) is 2.43. The Morgan fingerprint density at radius 3 is 1.52 bits per heavy atom. The highest BCUT2D eigenvalue weighted by molar-refractivity contribution is 6.18. The summed E-state index contributed by atoms with van der Waals surface area (Å²) in [5.41, 5.74) is 17.3. The van der Waals surface area contributed by atoms with Gasteiger partial charge in [-0.1, -0.05) is 182 Å². The van der Waals surface area contributed by atoms with Gasteiger partial charge >= 0.3 is 0 Å². The number of para-hydroxylation sites is 4. The van der Waals surface area contributed by atoms with Gasteiger partial charge in [0.1, 0.15) is 11.2 Å². The summed E-state index contributed by atoms with van der Waals surface area (Å²) in [5.74, 6) is 0. The number of nitrogens with zero attached hydrogens (tertiary/aromatic N) is 2. The van der Waals surface area contributed by atoms with Gasteiger partial charge < -0.3 is 13.9 Å². The van der Waals surface area contributed by atoms with Crippen LogP contribution < -0.4 is 4.90 Å². The largest absolute Gasteiger partial charge is 0.455 e. The van der Waals surface area contributed by atoms with Crippen LogP contribution in [0.25, 0.3) is 93.9 Å². The van der Waals surface area contributed by atoms with Crippen LogP contribution in [0, 0.1) is 0 Å². The smallest absolute Gasteiger partial charge is 0.145 e. The number of furan rings is 1. The molecule has 0 aliphatic carbocycles. The van der Waals surface area contributed by atoms with Crippen LogP contribution in [0.4, 0.5) is 17.1 Å². The van der Waals surface area contributed by atoms with Crippen molar-refractivity contribution in [2.45, 2.75) is 0 Å². The Morgan fingerprint density at radius 2 is 0.841 bits per heavy atom. The molecule has 12 aromatic rings. The predicted octanol–water partition coefficient (Wildman–Crippen LogP) is 16.8. The van der Waals surface area contributed by atoms with Crippen molar-refractivity contribution in [3.05, 3.63) is 243 Å². The molecule has 0 fully saturated rings. The molecule has 0 aliphatic rings. The molecule has 0 bridgehead atoms. The molecule has 0 aliphatic heterocycles. The van der Waals surface area contributed by atoms with E-state index in [-0.39, 0.29) is 0 Å². The monoisotopic (exact) mass is 804 g/mol. The fraction of sp³-hybridized carbons (Fsp3) is 0. The van der Waals surface area contributed by atoms with Crippen molar-refractivity contribution in [3.8, 4) is 50.2 Å². The molecule has 0 atom stereocenters. The molecule has 0 saturated carbocycles. The van der Waals surface area contributed by atoms with E-state index >= 15 is 0 Å². The van der Waals surface area contributed by atoms with E-state index in [9.17, 15) is 0 Å². The Hall–Kier alpha value is -8.40. The topological polar surface area (TPSA) is 21.3 Å². The van der Waals surface area contributed by atoms with Gasteiger partial charge in [-0.15, -0.1) is 0 Å². The second-order valence-electron chi connectivity index (χ2n) is 16.0. The minimum atomic E-state index is 0.843. The first-order chi connectivity index (χ1) is 31.3. The van der Waals surface area contributed by atoms with E-state index in [4.69, 9.17) is 4.42 Å². The van der Waals surface area contributed by atoms with E-state index < -0.39 is 0 Å². The maximum atomic E-state index is 7.08. The number of rotatable bonds is 8. The van der Waals surface area contributed by atoms with Crippen molar-refractivity contribution in [2.75, 3.05) is 4.90 Å². The minimum absolute atomic E-state index is 0.843. The summed E-state index contributed by atoms with van der Waals surface area (Å²) in [5, 5.41) is 4.58. The zero-order valence-corrected chi connectivity index (χ0v) is 34.4. The van der Waals surface area contributed by atoms with Gasteiger partial charge in [-0.3, -0.25) is 0 Å². The average molecular weight is 805 g/mol. The van der Waals surface area contributed by atoms with Crippen LogP contribution in [0.15, 0.2) is 247 Å². The molecule has 63 heavy (non-hydrogen) atoms. The molecule has 0 saturated heterocycles. The summed E-state index contributed by atoms with van der Waals surface area (Å²) >= 11 is 0. The van der Waals surface area contributed by atoms with Gasteiger partial charge in [-0.05, 0) is 88.5 Å². The standard InChI is InChI=1S/C60H40N2O/c1-4-18-41(19-5-1)43-32-35-46(36-33-43)61(56-38-34-45(42-20-6-2-7-21-42)40-52(56)44-22-8-3-9-23-44)57-39-37-50(60-59(57)51-27-13-17-31-58(51)63-60)49-26-12-16-30-55(49)62-53-28-14-10-24-47(53)48-25-11-15-29-54(48)62/h1-40H. The zero-order valence-electron chi connectivity index (χ0n) is 34.4. The molecule has 12 rings (SSSR count). The Labute approximate surface area is 366 Å². The molecule has 296 valence electrons. The average Bonchev–Trinajstić information content (AvgIpc) is 3.92. The van der Waals surface area contributed by atoms with Crippen LogP contribution in [0.1, 0.15) is 0 Å². The summed E-state index contributed by atoms with van der Waals surface area (Å²) < 4.78 is 9.49. The predicted molar refractivity (Wildman–Crippen MR) is 264 cm³/mol. The third-order valence-corrected chi connectivity index (χ3v) is 12.4. The Morgan fingerprint density at radius 1 is 0.333 bits per heavy atom. The summed E-state index contributed by atoms with van der Waals surface area (Å²) in [6, 6.07) is 87.0. The molecule has 0 unspecified atom stereocenters. The first-order valence-electron chi connectivity index (χ1n) is 21.5. The minimum Gasteiger partial charge on any atom is -0.455 e. The van der Waals surface area contributed by atoms with Gasteiger partial charge in [0.05, 0.1) is 33.5 Å². The Kier molecular flexibility index (Phi) is 8.83. The molecule has 0 radical (unpaired) electrons. The summed E-state index contributed by atoms with van der Waals surface area (Å²) in [6.07, 6.45) is 0. The van der Waals surface area contributed by atoms with Crippen LogP contribution in [0.2, 0.25) is 0 Å². The fourth-order valence-electron chi connectivity index (χ4n) is 9.52. The van der Waals surface area contributed by atoms with Gasteiger partial charge in [0.2, 0.25) is 0 Å². The van der Waals surface area contributed by atoms with Crippen molar-refractivity contribution in [1.82, 2.24) is 4.57 Å². The quantitative estimate of drug-likeness (QED) is 0.153. The van der Waals surface area contributed by atoms with Crippen molar-refractivity contribution in [1.29, 1.82) is 0 Å². The van der Waals surface area contributed by atoms with Crippen LogP contribution in [-0.2, 0) is 0 Å². The van der Waals surface area contributed by atoms with Gasteiger partial charge in [0.15, 0.2) is 0 Å². The molecule has 0 amide bonds. The van der Waals surface area contributed by atoms with Gasteiger partial charge in [0, 0.05) is 38.5 Å². The molecular formula is C60H40N2O. The van der Waals surface area contributed by atoms with E-state index in [1.54, 1.807) is 0 Å². The fourth-order valence-corrected chi connectivity index (χ4v) is 9.52. The van der Waals surface area contributed by atoms with Crippen LogP contribution in [0.5, 0.6) is 0 Å². The lowest BCUT2D eigenvalue weighted by Crippen LogP contribution is -2.12. The van der Waals surface area contributed by atoms with E-state index in [1.807, 2.05) is 0 Å². The normalized spacial score (nSPS) is 11.5. The second kappa shape index (κ2) is 15.3. The Bertz CT molecular complexity index is 3550. The highest BCUT2D eigenvalue weighted by atomic mass is 16.3. The first kappa shape index (κ1) is 36.5. The van der Waals surface area contributed by atoms with Gasteiger partial charge in [-0.2, -0.15) is 0 Å². The van der Waals surface area contributed by atoms with Gasteiger partial charge in [-0.25, -0.2) is 0 Å². The molecule has 10 aromatic carbocycles. The Balaban J connectivity index is 1.13. The number of aromatic nitrogens is 1. The number of benzene rings is 10. The molecule has 2 heterocycles. The van der Waals surface area contributed by atoms with E-state index in [0.29, 0.717) is 0 Å². The zero-order chi connectivity index (χ0) is 41.7. The van der Waals surface area contributed by atoms with Crippen LogP contribution >= 0.6 is 0 Å². The summed E-state index contributed by atoms with van der Waals surface area (Å²) in [7, 11) is 0. The molecule has 2 aromatic heterocycles. The SMILES string of the molecule is c1ccc(-c2ccc(N(c3ccc(-c4ccccc4)cc3-c3ccccc3)c3ccc(-c4ccccc4-n4c5ccccc5c5ccccc54)c4oc5ccccc5c34)cc2)cc1. The number of hydrogen-bond acceptors (Lipinski definition) is 2. The van der Waals surface area contributed by atoms with Crippen molar-refractivity contribution < 1.29 is 4.42 Å². The maximum absolute atomic E-state index is 7.08. The third-order valence-electron chi connectivity index (χ3n) is 12.4. The van der Waals surface area contributed by atoms with Crippen molar-refractivity contribution in [2.24, 2.45) is 0 Å². The molecular weight excluding hydrogens is 765 g/mol. The molecule has 0 spiro atoms.